The number of hydrogen-bond acceptors (Lipinski definition) is 0. The van der Waals surface area contributed by atoms with E-state index in [-0.39, 0.29) is 24.8 Å². The summed E-state index contributed by atoms with van der Waals surface area (Å²) in [5.74, 6) is 0.551. The molecule has 1 atom stereocenters. The van der Waals surface area contributed by atoms with Gasteiger partial charge >= 0.3 is 99.2 Å². The second-order valence-electron chi connectivity index (χ2n) is 9.84. The van der Waals surface area contributed by atoms with Crippen molar-refractivity contribution in [2.75, 3.05) is 0 Å². The summed E-state index contributed by atoms with van der Waals surface area (Å²) in [5.41, 5.74) is 8.02. The van der Waals surface area contributed by atoms with Crippen molar-refractivity contribution in [2.45, 2.75) is 34.6 Å². The van der Waals surface area contributed by atoms with E-state index in [9.17, 15) is 0 Å². The van der Waals surface area contributed by atoms with Crippen LogP contribution in [-0.4, -0.2) is 3.21 Å². The fourth-order valence-corrected chi connectivity index (χ4v) is 5.45. The Bertz CT molecular complexity index is 1460. The minimum atomic E-state index is 0. The molecule has 0 saturated carbocycles. The van der Waals surface area contributed by atoms with Gasteiger partial charge in [0.25, 0.3) is 0 Å². The second kappa shape index (κ2) is 15.4. The molecule has 0 bridgehead atoms. The molecule has 0 nitrogen and oxygen atoms in total. The third kappa shape index (κ3) is 8.78. The van der Waals surface area contributed by atoms with Crippen molar-refractivity contribution in [2.24, 2.45) is 5.92 Å². The topological polar surface area (TPSA) is 0 Å². The number of rotatable bonds is 2. The Morgan fingerprint density at radius 3 is 1.44 bits per heavy atom. The van der Waals surface area contributed by atoms with Crippen LogP contribution in [0.2, 0.25) is 0 Å². The van der Waals surface area contributed by atoms with E-state index < -0.39 is 0 Å². The summed E-state index contributed by atoms with van der Waals surface area (Å²) in [6, 6.07) is 36.7. The van der Waals surface area contributed by atoms with E-state index in [0.29, 0.717) is 5.92 Å². The molecule has 0 fully saturated rings. The van der Waals surface area contributed by atoms with E-state index in [1.54, 1.807) is 0 Å². The van der Waals surface area contributed by atoms with E-state index >= 15 is 0 Å². The van der Waals surface area contributed by atoms with Gasteiger partial charge in [-0.1, -0.05) is 55.2 Å². The molecule has 1 unspecified atom stereocenters. The van der Waals surface area contributed by atoms with Gasteiger partial charge < -0.3 is 24.8 Å². The summed E-state index contributed by atoms with van der Waals surface area (Å²) in [4.78, 5) is 0. The predicted octanol–water partition coefficient (Wildman–Crippen LogP) is 3.47. The summed E-state index contributed by atoms with van der Waals surface area (Å²) in [7, 11) is 0. The van der Waals surface area contributed by atoms with Crippen LogP contribution in [0, 0.1) is 25.8 Å². The van der Waals surface area contributed by atoms with Gasteiger partial charge in [-0.3, -0.25) is 6.08 Å². The number of halogens is 2. The summed E-state index contributed by atoms with van der Waals surface area (Å²) in [5, 5.41) is 5.46. The fraction of sp³-hybridized carbons (Fsp3) is 0.167. The quantitative estimate of drug-likeness (QED) is 0.263. The molecule has 0 aliphatic heterocycles. The Kier molecular flexibility index (Phi) is 12.9. The SMILES string of the molecule is CC1=[C-]C(C)C=C1C.Cc1ccc2c(c1)[cH-]c1cc(C)ccc12.[Cl-].[Cl-].[Zr+2]=[C](c1ccccc1)c1ccccc1. The zero-order chi connectivity index (χ0) is 26.4. The molecular weight excluding hydrogens is 595 g/mol. The molecule has 1 aliphatic carbocycles. The minimum absolute atomic E-state index is 0. The van der Waals surface area contributed by atoms with E-state index in [1.165, 1.54) is 82.4 Å². The maximum atomic E-state index is 3.29. The standard InChI is InChI=1S/C15H13.C13H10.C8H11.2ClH.Zr/c1-10-3-5-14-12(7-10)9-13-8-11(2)4-6-15(13)14;1-3-7-12(8-4-1)11-13-9-5-2-6-10-13;1-6-4-7(2)8(3)5-6;;;/h3-9H,1-2H3;1-10H;4,6H,1-3H3;2*1H;/q-1;;-1;;;+2/p-2. The van der Waals surface area contributed by atoms with Crippen LogP contribution >= 0.6 is 0 Å². The number of benzene rings is 4. The van der Waals surface area contributed by atoms with Gasteiger partial charge in [-0.2, -0.15) is 6.08 Å². The average Bonchev–Trinajstić information content (AvgIpc) is 3.41. The molecule has 0 saturated heterocycles. The third-order valence-electron chi connectivity index (χ3n) is 6.68. The van der Waals surface area contributed by atoms with Gasteiger partial charge in [0.1, 0.15) is 0 Å². The Morgan fingerprint density at radius 2 is 1.10 bits per heavy atom. The first-order chi connectivity index (χ1) is 17.8. The molecule has 0 radical (unpaired) electrons. The first-order valence-corrected chi connectivity index (χ1v) is 14.1. The normalized spacial score (nSPS) is 13.6. The van der Waals surface area contributed by atoms with Crippen LogP contribution in [0.1, 0.15) is 43.0 Å². The van der Waals surface area contributed by atoms with Gasteiger partial charge in [-0.25, -0.2) is 11.1 Å². The molecule has 0 spiro atoms. The van der Waals surface area contributed by atoms with Gasteiger partial charge in [0.05, 0.1) is 0 Å². The molecule has 0 aromatic heterocycles. The van der Waals surface area contributed by atoms with Crippen molar-refractivity contribution in [3.63, 3.8) is 0 Å². The predicted molar refractivity (Wildman–Crippen MR) is 158 cm³/mol. The van der Waals surface area contributed by atoms with Gasteiger partial charge in [0.2, 0.25) is 0 Å². The molecule has 0 N–H and O–H groups in total. The Morgan fingerprint density at radius 1 is 0.667 bits per heavy atom. The van der Waals surface area contributed by atoms with Crippen molar-refractivity contribution >= 4 is 24.8 Å². The monoisotopic (exact) mass is 626 g/mol. The van der Waals surface area contributed by atoms with Crippen molar-refractivity contribution in [1.82, 2.24) is 0 Å². The van der Waals surface area contributed by atoms with E-state index in [4.69, 9.17) is 0 Å². The number of allylic oxidation sites excluding steroid dienone is 4. The van der Waals surface area contributed by atoms with Crippen LogP contribution in [-0.2, 0) is 24.2 Å². The van der Waals surface area contributed by atoms with Crippen LogP contribution in [0.25, 0.3) is 21.5 Å². The molecule has 0 heterocycles. The van der Waals surface area contributed by atoms with Crippen LogP contribution in [0.5, 0.6) is 0 Å². The maximum absolute atomic E-state index is 3.29. The fourth-order valence-electron chi connectivity index (χ4n) is 4.63. The average molecular weight is 629 g/mol. The summed E-state index contributed by atoms with van der Waals surface area (Å²) in [6.07, 6.45) is 5.52. The van der Waals surface area contributed by atoms with Gasteiger partial charge in [-0.05, 0) is 13.8 Å². The molecule has 39 heavy (non-hydrogen) atoms. The Labute approximate surface area is 261 Å². The zero-order valence-electron chi connectivity index (χ0n) is 23.2. The van der Waals surface area contributed by atoms with Gasteiger partial charge in [0.15, 0.2) is 0 Å². The molecule has 6 rings (SSSR count). The molecule has 198 valence electrons. The van der Waals surface area contributed by atoms with E-state index in [2.05, 4.69) is 150 Å². The third-order valence-corrected chi connectivity index (χ3v) is 8.10. The number of hydrogen-bond donors (Lipinski definition) is 0. The summed E-state index contributed by atoms with van der Waals surface area (Å²) >= 11 is 1.46. The van der Waals surface area contributed by atoms with Crippen molar-refractivity contribution in [3.8, 4) is 0 Å². The molecule has 1 aliphatic rings. The van der Waals surface area contributed by atoms with Crippen LogP contribution in [0.15, 0.2) is 120 Å². The first-order valence-electron chi connectivity index (χ1n) is 12.9. The molecule has 5 aromatic carbocycles. The van der Waals surface area contributed by atoms with Crippen molar-refractivity contribution in [1.29, 1.82) is 0 Å². The summed E-state index contributed by atoms with van der Waals surface area (Å²) in [6.45, 7) is 10.7. The van der Waals surface area contributed by atoms with E-state index in [0.717, 1.165) is 0 Å². The van der Waals surface area contributed by atoms with Crippen LogP contribution < -0.4 is 24.8 Å². The first kappa shape index (κ1) is 32.8. The Hall–Kier alpha value is -2.44. The Balaban J connectivity index is 0.000000209. The van der Waals surface area contributed by atoms with Crippen LogP contribution in [0.3, 0.4) is 0 Å². The van der Waals surface area contributed by atoms with Gasteiger partial charge in [0, 0.05) is 0 Å². The van der Waals surface area contributed by atoms with Crippen LogP contribution in [0.4, 0.5) is 0 Å². The summed E-state index contributed by atoms with van der Waals surface area (Å²) < 4.78 is 1.42. The van der Waals surface area contributed by atoms with Gasteiger partial charge in [-0.15, -0.1) is 46.7 Å². The van der Waals surface area contributed by atoms with E-state index in [1.807, 2.05) is 0 Å². The second-order valence-corrected chi connectivity index (χ2v) is 11.1. The molecule has 3 heteroatoms. The zero-order valence-corrected chi connectivity index (χ0v) is 27.2. The van der Waals surface area contributed by atoms with Crippen molar-refractivity contribution < 1.29 is 49.0 Å². The molecule has 5 aromatic rings. The van der Waals surface area contributed by atoms with Crippen molar-refractivity contribution in [3.05, 3.63) is 149 Å². The molecular formula is C36H34Cl2Zr-2. The molecule has 0 amide bonds. The number of aryl methyl sites for hydroxylation is 2. The number of fused-ring (bicyclic) bond motifs is 3.